The van der Waals surface area contributed by atoms with Gasteiger partial charge < -0.3 is 33.6 Å². The number of nitrogens with one attached hydrogen (secondary N) is 1. The molecule has 316 valence electrons. The SMILES string of the molecule is CCCCCCCCCCCCCCCC[C@@H](O)[C@H](COP(=O)([O-])OCC[N+](C)(C)C)NC(=O)CCC/C=C\C/C=C\C/C=C\CC1OC1CCCCC. The molecule has 0 aromatic carbocycles. The number of hydrogen-bond acceptors (Lipinski definition) is 7. The maximum Gasteiger partial charge on any atom is 0.268 e. The Morgan fingerprint density at radius 1 is 0.759 bits per heavy atom. The number of phosphoric acid groups is 1. The number of carbonyl (C=O) groups excluding carboxylic acids is 1. The summed E-state index contributed by atoms with van der Waals surface area (Å²) in [6, 6.07) is -0.831. The zero-order valence-corrected chi connectivity index (χ0v) is 36.3. The first-order valence-electron chi connectivity index (χ1n) is 22.0. The Kier molecular flexibility index (Phi) is 30.7. The lowest BCUT2D eigenvalue weighted by molar-refractivity contribution is -0.870. The third kappa shape index (κ3) is 31.8. The zero-order chi connectivity index (χ0) is 39.8. The molecule has 0 aromatic rings. The van der Waals surface area contributed by atoms with Crippen molar-refractivity contribution in [1.29, 1.82) is 0 Å². The lowest BCUT2D eigenvalue weighted by atomic mass is 10.0. The second-order valence-corrected chi connectivity index (χ2v) is 17.8. The molecule has 9 nitrogen and oxygen atoms in total. The van der Waals surface area contributed by atoms with E-state index in [-0.39, 0.29) is 25.5 Å². The molecule has 54 heavy (non-hydrogen) atoms. The van der Waals surface area contributed by atoms with E-state index in [1.807, 2.05) is 21.1 Å². The van der Waals surface area contributed by atoms with Crippen LogP contribution in [-0.4, -0.2) is 80.8 Å². The summed E-state index contributed by atoms with van der Waals surface area (Å²) in [5.74, 6) is -0.223. The van der Waals surface area contributed by atoms with Gasteiger partial charge in [0.1, 0.15) is 13.2 Å². The monoisotopic (exact) mass is 783 g/mol. The molecule has 10 heteroatoms. The summed E-state index contributed by atoms with van der Waals surface area (Å²) in [5, 5.41) is 13.9. The maximum atomic E-state index is 12.8. The van der Waals surface area contributed by atoms with Crippen LogP contribution in [-0.2, 0) is 23.1 Å². The molecule has 0 aromatic heterocycles. The number of epoxide rings is 1. The molecule has 3 unspecified atom stereocenters. The summed E-state index contributed by atoms with van der Waals surface area (Å²) in [4.78, 5) is 25.3. The highest BCUT2D eigenvalue weighted by molar-refractivity contribution is 7.45. The molecule has 1 saturated heterocycles. The average Bonchev–Trinajstić information content (AvgIpc) is 3.87. The van der Waals surface area contributed by atoms with Crippen LogP contribution in [0.5, 0.6) is 0 Å². The first kappa shape index (κ1) is 50.7. The van der Waals surface area contributed by atoms with Crippen LogP contribution >= 0.6 is 7.82 Å². The van der Waals surface area contributed by atoms with Gasteiger partial charge in [-0.3, -0.25) is 9.36 Å². The molecule has 0 aliphatic carbocycles. The summed E-state index contributed by atoms with van der Waals surface area (Å²) < 4.78 is 29.0. The van der Waals surface area contributed by atoms with Crippen molar-refractivity contribution in [3.8, 4) is 0 Å². The minimum absolute atomic E-state index is 0.000860. The molecule has 2 N–H and O–H groups in total. The van der Waals surface area contributed by atoms with E-state index in [1.165, 1.54) is 96.3 Å². The number of allylic oxidation sites excluding steroid dienone is 5. The number of ether oxygens (including phenoxy) is 1. The maximum absolute atomic E-state index is 12.8. The van der Waals surface area contributed by atoms with E-state index >= 15 is 0 Å². The van der Waals surface area contributed by atoms with Crippen LogP contribution < -0.4 is 10.2 Å². The van der Waals surface area contributed by atoms with E-state index < -0.39 is 20.0 Å². The van der Waals surface area contributed by atoms with Gasteiger partial charge in [-0.25, -0.2) is 0 Å². The van der Waals surface area contributed by atoms with Crippen molar-refractivity contribution in [3.05, 3.63) is 36.5 Å². The third-order valence-corrected chi connectivity index (χ3v) is 11.0. The number of rotatable bonds is 38. The molecule has 1 heterocycles. The fraction of sp³-hybridized carbons (Fsp3) is 0.841. The van der Waals surface area contributed by atoms with Crippen molar-refractivity contribution in [2.24, 2.45) is 0 Å². The van der Waals surface area contributed by atoms with Gasteiger partial charge in [-0.15, -0.1) is 0 Å². The largest absolute Gasteiger partial charge is 0.756 e. The minimum atomic E-state index is -4.58. The predicted octanol–water partition coefficient (Wildman–Crippen LogP) is 10.3. The number of quaternary nitrogens is 1. The highest BCUT2D eigenvalue weighted by atomic mass is 31.2. The Balaban J connectivity index is 2.34. The highest BCUT2D eigenvalue weighted by Crippen LogP contribution is 2.38. The van der Waals surface area contributed by atoms with Crippen molar-refractivity contribution in [3.63, 3.8) is 0 Å². The summed E-state index contributed by atoms with van der Waals surface area (Å²) in [6.07, 6.45) is 40.4. The van der Waals surface area contributed by atoms with Crippen molar-refractivity contribution in [2.75, 3.05) is 40.9 Å². The number of likely N-dealkylation sites (N-methyl/N-ethyl adjacent to an activating group) is 1. The molecule has 1 aliphatic rings. The van der Waals surface area contributed by atoms with E-state index in [9.17, 15) is 19.4 Å². The quantitative estimate of drug-likeness (QED) is 0.0210. The van der Waals surface area contributed by atoms with E-state index in [1.54, 1.807) is 0 Å². The molecule has 0 radical (unpaired) electrons. The number of aliphatic hydroxyl groups excluding tert-OH is 1. The Morgan fingerprint density at radius 2 is 1.30 bits per heavy atom. The molecular weight excluding hydrogens is 699 g/mol. The van der Waals surface area contributed by atoms with Crippen LogP contribution in [0.1, 0.15) is 174 Å². The van der Waals surface area contributed by atoms with Crippen LogP contribution in [0, 0.1) is 0 Å². The van der Waals surface area contributed by atoms with Crippen LogP contribution in [0.3, 0.4) is 0 Å². The molecule has 1 aliphatic heterocycles. The molecule has 0 saturated carbocycles. The van der Waals surface area contributed by atoms with E-state index in [0.29, 0.717) is 36.1 Å². The molecule has 1 rings (SSSR count). The Bertz CT molecular complexity index is 1040. The number of phosphoric ester groups is 1. The normalized spacial score (nSPS) is 18.5. The fourth-order valence-electron chi connectivity index (χ4n) is 6.42. The number of unbranched alkanes of at least 4 members (excludes halogenated alkanes) is 16. The fourth-order valence-corrected chi connectivity index (χ4v) is 7.14. The Labute approximate surface area is 332 Å². The topological polar surface area (TPSA) is 120 Å². The summed E-state index contributed by atoms with van der Waals surface area (Å²) in [5.41, 5.74) is 0. The van der Waals surface area contributed by atoms with Crippen molar-refractivity contribution < 1.29 is 37.6 Å². The van der Waals surface area contributed by atoms with Gasteiger partial charge in [-0.1, -0.05) is 159 Å². The third-order valence-electron chi connectivity index (χ3n) is 10.1. The van der Waals surface area contributed by atoms with Gasteiger partial charge in [0.2, 0.25) is 5.91 Å². The summed E-state index contributed by atoms with van der Waals surface area (Å²) >= 11 is 0. The Morgan fingerprint density at radius 3 is 1.89 bits per heavy atom. The summed E-state index contributed by atoms with van der Waals surface area (Å²) in [7, 11) is 1.26. The lowest BCUT2D eigenvalue weighted by Crippen LogP contribution is -2.46. The standard InChI is InChI=1S/C44H83N2O7P/c1-6-8-10-11-12-13-14-15-16-17-20-23-26-30-33-41(47)40(39-52-54(49,50)51-38-37-46(3,4)5)45-44(48)36-32-28-25-22-19-18-21-24-27-31-35-43-42(53-43)34-29-9-7-2/h18,21-22,25,27,31,40-43,47H,6-17,19-20,23-24,26,28-30,32-39H2,1-5H3,(H-,45,48,49,50)/b21-18-,25-22-,31-27-/t40-,41+,42?,43?/m0/s1. The number of hydrogen-bond donors (Lipinski definition) is 2. The van der Waals surface area contributed by atoms with Crippen LogP contribution in [0.2, 0.25) is 0 Å². The highest BCUT2D eigenvalue weighted by Gasteiger charge is 2.36. The second kappa shape index (κ2) is 32.7. The smallest absolute Gasteiger partial charge is 0.268 e. The van der Waals surface area contributed by atoms with Crippen LogP contribution in [0.25, 0.3) is 0 Å². The minimum Gasteiger partial charge on any atom is -0.756 e. The van der Waals surface area contributed by atoms with Gasteiger partial charge >= 0.3 is 0 Å². The number of aliphatic hydroxyl groups is 1. The van der Waals surface area contributed by atoms with Gasteiger partial charge in [0.25, 0.3) is 7.82 Å². The molecule has 0 spiro atoms. The molecule has 1 amide bonds. The van der Waals surface area contributed by atoms with Crippen LogP contribution in [0.15, 0.2) is 36.5 Å². The first-order chi connectivity index (χ1) is 26.0. The van der Waals surface area contributed by atoms with Gasteiger partial charge in [0.05, 0.1) is 52.1 Å². The number of carbonyl (C=O) groups is 1. The van der Waals surface area contributed by atoms with Gasteiger partial charge in [0, 0.05) is 6.42 Å². The van der Waals surface area contributed by atoms with Crippen LogP contribution in [0.4, 0.5) is 0 Å². The molecule has 0 bridgehead atoms. The van der Waals surface area contributed by atoms with E-state index in [0.717, 1.165) is 44.9 Å². The number of nitrogens with zero attached hydrogens (tertiary/aromatic N) is 1. The van der Waals surface area contributed by atoms with Gasteiger partial charge in [0.15, 0.2) is 0 Å². The first-order valence-corrected chi connectivity index (χ1v) is 23.4. The van der Waals surface area contributed by atoms with Gasteiger partial charge in [-0.05, 0) is 44.9 Å². The zero-order valence-electron chi connectivity index (χ0n) is 35.4. The molecule has 1 fully saturated rings. The van der Waals surface area contributed by atoms with Gasteiger partial charge in [-0.2, -0.15) is 0 Å². The van der Waals surface area contributed by atoms with E-state index in [4.69, 9.17) is 13.8 Å². The van der Waals surface area contributed by atoms with E-state index in [2.05, 4.69) is 55.6 Å². The second-order valence-electron chi connectivity index (χ2n) is 16.4. The molecular formula is C44H83N2O7P. The van der Waals surface area contributed by atoms with Crippen molar-refractivity contribution in [2.45, 2.75) is 199 Å². The predicted molar refractivity (Wildman–Crippen MR) is 223 cm³/mol. The van der Waals surface area contributed by atoms with Crippen molar-refractivity contribution in [1.82, 2.24) is 5.32 Å². The van der Waals surface area contributed by atoms with Crippen molar-refractivity contribution >= 4 is 13.7 Å². The lowest BCUT2D eigenvalue weighted by Gasteiger charge is -2.30. The number of amides is 1. The average molecular weight is 783 g/mol. The Hall–Kier alpha value is -1.32. The molecule has 5 atom stereocenters. The summed E-state index contributed by atoms with van der Waals surface area (Å²) in [6.45, 7) is 4.63.